The Morgan fingerprint density at radius 2 is 2.23 bits per heavy atom. The molecule has 0 radical (unpaired) electrons. The first-order chi connectivity index (χ1) is 10.6. The van der Waals surface area contributed by atoms with Crippen LogP contribution < -0.4 is 14.8 Å². The van der Waals surface area contributed by atoms with Crippen molar-refractivity contribution in [2.75, 3.05) is 13.7 Å². The molecule has 0 aliphatic heterocycles. The van der Waals surface area contributed by atoms with E-state index >= 15 is 0 Å². The van der Waals surface area contributed by atoms with Crippen LogP contribution in [-0.4, -0.2) is 24.9 Å². The highest BCUT2D eigenvalue weighted by Crippen LogP contribution is 2.37. The zero-order valence-corrected chi connectivity index (χ0v) is 14.2. The second-order valence-corrected chi connectivity index (χ2v) is 6.40. The third-order valence-corrected chi connectivity index (χ3v) is 4.13. The minimum atomic E-state index is -0.384. The van der Waals surface area contributed by atoms with Crippen LogP contribution in [-0.2, 0) is 13.2 Å². The molecule has 1 aromatic heterocycles. The van der Waals surface area contributed by atoms with Gasteiger partial charge < -0.3 is 19.9 Å². The van der Waals surface area contributed by atoms with Crippen molar-refractivity contribution >= 4 is 22.9 Å². The standard InChI is InChI=1S/C16H20ClNO3S/c1-11(19)8-18-9-12-6-14(17)16(15(7-12)20-2)21-10-13-4-3-5-22-13/h3-7,11,18-19H,8-10H2,1-2H3/t11-/m0/s1. The fourth-order valence-corrected chi connectivity index (χ4v) is 2.88. The van der Waals surface area contributed by atoms with E-state index in [1.807, 2.05) is 29.6 Å². The number of aliphatic hydroxyl groups excluding tert-OH is 1. The minimum absolute atomic E-state index is 0.384. The van der Waals surface area contributed by atoms with Gasteiger partial charge in [0.05, 0.1) is 18.2 Å². The summed E-state index contributed by atoms with van der Waals surface area (Å²) < 4.78 is 11.2. The van der Waals surface area contributed by atoms with Crippen LogP contribution in [0.4, 0.5) is 0 Å². The number of thiophene rings is 1. The van der Waals surface area contributed by atoms with Crippen molar-refractivity contribution in [2.24, 2.45) is 0 Å². The second-order valence-electron chi connectivity index (χ2n) is 4.96. The van der Waals surface area contributed by atoms with E-state index in [0.29, 0.717) is 36.2 Å². The summed E-state index contributed by atoms with van der Waals surface area (Å²) in [5.41, 5.74) is 0.978. The Labute approximate surface area is 139 Å². The van der Waals surface area contributed by atoms with Gasteiger partial charge in [0.25, 0.3) is 0 Å². The average molecular weight is 342 g/mol. The summed E-state index contributed by atoms with van der Waals surface area (Å²) >= 11 is 7.95. The molecule has 0 aliphatic carbocycles. The molecule has 6 heteroatoms. The summed E-state index contributed by atoms with van der Waals surface area (Å²) in [5, 5.41) is 14.9. The Morgan fingerprint density at radius 1 is 1.41 bits per heavy atom. The third kappa shape index (κ3) is 4.88. The van der Waals surface area contributed by atoms with Crippen LogP contribution in [0.25, 0.3) is 0 Å². The maximum atomic E-state index is 9.26. The van der Waals surface area contributed by atoms with E-state index in [4.69, 9.17) is 21.1 Å². The highest BCUT2D eigenvalue weighted by molar-refractivity contribution is 7.09. The van der Waals surface area contributed by atoms with E-state index in [-0.39, 0.29) is 6.10 Å². The number of ether oxygens (including phenoxy) is 2. The fourth-order valence-electron chi connectivity index (χ4n) is 1.98. The molecule has 0 fully saturated rings. The summed E-state index contributed by atoms with van der Waals surface area (Å²) in [7, 11) is 1.59. The van der Waals surface area contributed by atoms with E-state index in [1.165, 1.54) is 0 Å². The number of aliphatic hydroxyl groups is 1. The molecule has 1 aromatic carbocycles. The van der Waals surface area contributed by atoms with Gasteiger partial charge >= 0.3 is 0 Å². The van der Waals surface area contributed by atoms with Crippen LogP contribution in [0.3, 0.4) is 0 Å². The molecule has 0 aliphatic rings. The Morgan fingerprint density at radius 3 is 2.86 bits per heavy atom. The number of benzene rings is 1. The Kier molecular flexibility index (Phi) is 6.51. The largest absolute Gasteiger partial charge is 0.493 e. The van der Waals surface area contributed by atoms with Crippen molar-refractivity contribution < 1.29 is 14.6 Å². The molecule has 4 nitrogen and oxygen atoms in total. The van der Waals surface area contributed by atoms with Gasteiger partial charge in [0.15, 0.2) is 11.5 Å². The Bertz CT molecular complexity index is 587. The van der Waals surface area contributed by atoms with Gasteiger partial charge in [0.1, 0.15) is 6.61 Å². The lowest BCUT2D eigenvalue weighted by atomic mass is 10.2. The van der Waals surface area contributed by atoms with E-state index in [1.54, 1.807) is 25.4 Å². The van der Waals surface area contributed by atoms with Crippen molar-refractivity contribution in [3.63, 3.8) is 0 Å². The lowest BCUT2D eigenvalue weighted by Crippen LogP contribution is -2.23. The third-order valence-electron chi connectivity index (χ3n) is 3.00. The molecule has 0 amide bonds. The molecule has 2 rings (SSSR count). The van der Waals surface area contributed by atoms with E-state index < -0.39 is 0 Å². The first-order valence-corrected chi connectivity index (χ1v) is 8.26. The van der Waals surface area contributed by atoms with Crippen LogP contribution in [0.15, 0.2) is 29.6 Å². The summed E-state index contributed by atoms with van der Waals surface area (Å²) in [5.74, 6) is 1.16. The van der Waals surface area contributed by atoms with Crippen molar-refractivity contribution in [3.05, 3.63) is 45.1 Å². The predicted molar refractivity (Wildman–Crippen MR) is 90.0 cm³/mol. The molecule has 2 aromatic rings. The van der Waals surface area contributed by atoms with Crippen molar-refractivity contribution in [3.8, 4) is 11.5 Å². The molecular weight excluding hydrogens is 322 g/mol. The average Bonchev–Trinajstić information content (AvgIpc) is 2.98. The van der Waals surface area contributed by atoms with Crippen LogP contribution in [0.5, 0.6) is 11.5 Å². The van der Waals surface area contributed by atoms with Gasteiger partial charge in [-0.15, -0.1) is 11.3 Å². The van der Waals surface area contributed by atoms with Gasteiger partial charge in [-0.25, -0.2) is 0 Å². The number of rotatable bonds is 8. The van der Waals surface area contributed by atoms with Crippen LogP contribution in [0.2, 0.25) is 5.02 Å². The molecule has 1 atom stereocenters. The summed E-state index contributed by atoms with van der Waals surface area (Å²) in [4.78, 5) is 1.13. The van der Waals surface area contributed by atoms with Crippen molar-refractivity contribution in [1.82, 2.24) is 5.32 Å². The monoisotopic (exact) mass is 341 g/mol. The molecule has 0 saturated carbocycles. The van der Waals surface area contributed by atoms with Gasteiger partial charge in [0, 0.05) is 18.0 Å². The number of methoxy groups -OCH3 is 1. The Balaban J connectivity index is 2.06. The van der Waals surface area contributed by atoms with Crippen LogP contribution in [0.1, 0.15) is 17.4 Å². The molecule has 0 bridgehead atoms. The lowest BCUT2D eigenvalue weighted by molar-refractivity contribution is 0.191. The molecule has 2 N–H and O–H groups in total. The zero-order chi connectivity index (χ0) is 15.9. The molecule has 22 heavy (non-hydrogen) atoms. The molecule has 0 spiro atoms. The minimum Gasteiger partial charge on any atom is -0.493 e. The van der Waals surface area contributed by atoms with Gasteiger partial charge in [-0.2, -0.15) is 0 Å². The van der Waals surface area contributed by atoms with E-state index in [0.717, 1.165) is 10.4 Å². The highest BCUT2D eigenvalue weighted by atomic mass is 35.5. The summed E-state index contributed by atoms with van der Waals surface area (Å²) in [6.45, 7) is 3.33. The maximum absolute atomic E-state index is 9.26. The molecular formula is C16H20ClNO3S. The smallest absolute Gasteiger partial charge is 0.180 e. The number of nitrogens with one attached hydrogen (secondary N) is 1. The SMILES string of the molecule is COc1cc(CNC[C@H](C)O)cc(Cl)c1OCc1cccs1. The molecule has 0 saturated heterocycles. The summed E-state index contributed by atoms with van der Waals surface area (Å²) in [6.07, 6.45) is -0.384. The summed E-state index contributed by atoms with van der Waals surface area (Å²) in [6, 6.07) is 7.74. The maximum Gasteiger partial charge on any atom is 0.180 e. The van der Waals surface area contributed by atoms with Crippen LogP contribution in [0, 0.1) is 0 Å². The fraction of sp³-hybridized carbons (Fsp3) is 0.375. The second kappa shape index (κ2) is 8.39. The van der Waals surface area contributed by atoms with Crippen molar-refractivity contribution in [1.29, 1.82) is 0 Å². The quantitative estimate of drug-likeness (QED) is 0.772. The van der Waals surface area contributed by atoms with E-state index in [2.05, 4.69) is 5.32 Å². The first kappa shape index (κ1) is 17.1. The predicted octanol–water partition coefficient (Wildman–Crippen LogP) is 3.46. The molecule has 1 heterocycles. The van der Waals surface area contributed by atoms with Crippen molar-refractivity contribution in [2.45, 2.75) is 26.2 Å². The van der Waals surface area contributed by atoms with Gasteiger partial charge in [-0.3, -0.25) is 0 Å². The zero-order valence-electron chi connectivity index (χ0n) is 12.6. The highest BCUT2D eigenvalue weighted by Gasteiger charge is 2.12. The molecule has 0 unspecified atom stereocenters. The normalized spacial score (nSPS) is 12.2. The van der Waals surface area contributed by atoms with E-state index in [9.17, 15) is 5.11 Å². The van der Waals surface area contributed by atoms with Gasteiger partial charge in [-0.1, -0.05) is 17.7 Å². The van der Waals surface area contributed by atoms with Gasteiger partial charge in [0.2, 0.25) is 0 Å². The number of halogens is 1. The lowest BCUT2D eigenvalue weighted by Gasteiger charge is -2.14. The Hall–Kier alpha value is -1.27. The number of hydrogen-bond acceptors (Lipinski definition) is 5. The molecule has 120 valence electrons. The van der Waals surface area contributed by atoms with Crippen LogP contribution >= 0.6 is 22.9 Å². The topological polar surface area (TPSA) is 50.7 Å². The first-order valence-electron chi connectivity index (χ1n) is 7.00. The van der Waals surface area contributed by atoms with Gasteiger partial charge in [-0.05, 0) is 36.1 Å². The number of hydrogen-bond donors (Lipinski definition) is 2.